The van der Waals surface area contributed by atoms with Gasteiger partial charge < -0.3 is 10.1 Å². The summed E-state index contributed by atoms with van der Waals surface area (Å²) in [5.41, 5.74) is 4.20. The predicted molar refractivity (Wildman–Crippen MR) is 116 cm³/mol. The van der Waals surface area contributed by atoms with Crippen LogP contribution in [0.4, 0.5) is 0 Å². The second-order valence-corrected chi connectivity index (χ2v) is 7.43. The minimum atomic E-state index is -0.125. The van der Waals surface area contributed by atoms with Gasteiger partial charge in [0, 0.05) is 33.6 Å². The summed E-state index contributed by atoms with van der Waals surface area (Å²) in [7, 11) is 0. The standard InChI is InChI=1S/C25H18ClNO/c26-18-12-9-17(10-13-18)24(21-15-27-22-8-4-3-7-20(21)22)25-19-6-2-1-5-16(19)11-14-23(25)28/h1-15,24,27-28H. The Kier molecular flexibility index (Phi) is 4.07. The molecule has 2 nitrogen and oxygen atoms in total. The summed E-state index contributed by atoms with van der Waals surface area (Å²) >= 11 is 6.15. The SMILES string of the molecule is Oc1ccc2ccccc2c1C(c1ccc(Cl)cc1)c1c[nH]c2ccccc12. The number of nitrogens with one attached hydrogen (secondary N) is 1. The van der Waals surface area contributed by atoms with Crippen LogP contribution >= 0.6 is 11.6 Å². The summed E-state index contributed by atoms with van der Waals surface area (Å²) in [5, 5.41) is 14.9. The van der Waals surface area contributed by atoms with Crippen molar-refractivity contribution in [2.24, 2.45) is 0 Å². The quantitative estimate of drug-likeness (QED) is 0.350. The van der Waals surface area contributed by atoms with E-state index < -0.39 is 0 Å². The molecular weight excluding hydrogens is 366 g/mol. The van der Waals surface area contributed by atoms with Crippen LogP contribution in [0.25, 0.3) is 21.7 Å². The summed E-state index contributed by atoms with van der Waals surface area (Å²) in [5.74, 6) is 0.170. The van der Waals surface area contributed by atoms with Gasteiger partial charge in [-0.3, -0.25) is 0 Å². The fourth-order valence-corrected chi connectivity index (χ4v) is 4.20. The maximum atomic E-state index is 10.9. The molecule has 0 saturated carbocycles. The molecule has 1 aromatic heterocycles. The zero-order valence-electron chi connectivity index (χ0n) is 15.1. The average molecular weight is 384 g/mol. The molecule has 0 aliphatic rings. The van der Waals surface area contributed by atoms with E-state index in [4.69, 9.17) is 11.6 Å². The second-order valence-electron chi connectivity index (χ2n) is 6.99. The van der Waals surface area contributed by atoms with Crippen molar-refractivity contribution in [3.63, 3.8) is 0 Å². The maximum absolute atomic E-state index is 10.9. The molecule has 2 N–H and O–H groups in total. The van der Waals surface area contributed by atoms with Crippen LogP contribution in [0.2, 0.25) is 5.02 Å². The first kappa shape index (κ1) is 16.9. The van der Waals surface area contributed by atoms with Gasteiger partial charge in [-0.2, -0.15) is 0 Å². The van der Waals surface area contributed by atoms with E-state index in [0.717, 1.165) is 38.4 Å². The highest BCUT2D eigenvalue weighted by Gasteiger charge is 2.25. The van der Waals surface area contributed by atoms with Gasteiger partial charge in [0.15, 0.2) is 0 Å². The number of aromatic hydroxyl groups is 1. The van der Waals surface area contributed by atoms with Crippen LogP contribution in [-0.4, -0.2) is 10.1 Å². The first-order valence-corrected chi connectivity index (χ1v) is 9.62. The van der Waals surface area contributed by atoms with Crippen molar-refractivity contribution in [3.05, 3.63) is 113 Å². The molecule has 1 atom stereocenters. The monoisotopic (exact) mass is 383 g/mol. The normalized spacial score (nSPS) is 12.5. The number of benzene rings is 4. The zero-order valence-corrected chi connectivity index (χ0v) is 15.8. The molecule has 0 saturated heterocycles. The number of phenolic OH excluding ortho intramolecular Hbond substituents is 1. The molecule has 1 heterocycles. The van der Waals surface area contributed by atoms with Crippen molar-refractivity contribution in [2.75, 3.05) is 0 Å². The number of phenols is 1. The van der Waals surface area contributed by atoms with Crippen molar-refractivity contribution >= 4 is 33.3 Å². The van der Waals surface area contributed by atoms with Gasteiger partial charge in [0.1, 0.15) is 5.75 Å². The van der Waals surface area contributed by atoms with Crippen molar-refractivity contribution in [1.82, 2.24) is 4.98 Å². The Morgan fingerprint density at radius 1 is 0.750 bits per heavy atom. The van der Waals surface area contributed by atoms with Crippen LogP contribution in [0.3, 0.4) is 0 Å². The second kappa shape index (κ2) is 6.74. The van der Waals surface area contributed by atoms with Crippen LogP contribution in [0.15, 0.2) is 91.1 Å². The first-order chi connectivity index (χ1) is 13.7. The number of hydrogen-bond donors (Lipinski definition) is 2. The highest BCUT2D eigenvalue weighted by Crippen LogP contribution is 2.43. The fraction of sp³-hybridized carbons (Fsp3) is 0.0400. The van der Waals surface area contributed by atoms with Gasteiger partial charge in [0.2, 0.25) is 0 Å². The topological polar surface area (TPSA) is 36.0 Å². The smallest absolute Gasteiger partial charge is 0.120 e. The average Bonchev–Trinajstić information content (AvgIpc) is 3.15. The van der Waals surface area contributed by atoms with Crippen LogP contribution in [-0.2, 0) is 0 Å². The number of aromatic amines is 1. The number of hydrogen-bond acceptors (Lipinski definition) is 1. The van der Waals surface area contributed by atoms with Crippen molar-refractivity contribution in [3.8, 4) is 5.75 Å². The number of aromatic nitrogens is 1. The highest BCUT2D eigenvalue weighted by molar-refractivity contribution is 6.30. The maximum Gasteiger partial charge on any atom is 0.120 e. The molecule has 0 aliphatic carbocycles. The highest BCUT2D eigenvalue weighted by atomic mass is 35.5. The summed E-state index contributed by atoms with van der Waals surface area (Å²) in [6.07, 6.45) is 2.05. The molecule has 0 fully saturated rings. The van der Waals surface area contributed by atoms with E-state index in [9.17, 15) is 5.11 Å². The molecule has 0 spiro atoms. The summed E-state index contributed by atoms with van der Waals surface area (Å²) in [6.45, 7) is 0. The van der Waals surface area contributed by atoms with E-state index in [-0.39, 0.29) is 5.92 Å². The predicted octanol–water partition coefficient (Wildman–Crippen LogP) is 6.86. The van der Waals surface area contributed by atoms with Crippen molar-refractivity contribution < 1.29 is 5.11 Å². The van der Waals surface area contributed by atoms with Gasteiger partial charge in [-0.25, -0.2) is 0 Å². The fourth-order valence-electron chi connectivity index (χ4n) is 4.08. The van der Waals surface area contributed by atoms with E-state index in [2.05, 4.69) is 29.2 Å². The molecule has 0 radical (unpaired) electrons. The summed E-state index contributed by atoms with van der Waals surface area (Å²) < 4.78 is 0. The molecular formula is C25H18ClNO. The van der Waals surface area contributed by atoms with Gasteiger partial charge in [0.25, 0.3) is 0 Å². The van der Waals surface area contributed by atoms with Gasteiger partial charge in [-0.15, -0.1) is 0 Å². The Hall–Kier alpha value is -3.23. The lowest BCUT2D eigenvalue weighted by Gasteiger charge is -2.21. The van der Waals surface area contributed by atoms with Gasteiger partial charge in [-0.1, -0.05) is 72.3 Å². The minimum absolute atomic E-state index is 0.125. The number of para-hydroxylation sites is 1. The Morgan fingerprint density at radius 3 is 2.29 bits per heavy atom. The molecule has 0 amide bonds. The Morgan fingerprint density at radius 2 is 1.46 bits per heavy atom. The number of rotatable bonds is 3. The lowest BCUT2D eigenvalue weighted by molar-refractivity contribution is 0.468. The van der Waals surface area contributed by atoms with Gasteiger partial charge >= 0.3 is 0 Å². The van der Waals surface area contributed by atoms with E-state index in [1.54, 1.807) is 6.07 Å². The molecule has 5 rings (SSSR count). The number of H-pyrrole nitrogens is 1. The number of halogens is 1. The summed E-state index contributed by atoms with van der Waals surface area (Å²) in [4.78, 5) is 3.38. The largest absolute Gasteiger partial charge is 0.508 e. The van der Waals surface area contributed by atoms with Gasteiger partial charge in [0.05, 0.1) is 0 Å². The van der Waals surface area contributed by atoms with E-state index in [0.29, 0.717) is 10.8 Å². The van der Waals surface area contributed by atoms with Crippen molar-refractivity contribution in [1.29, 1.82) is 0 Å². The van der Waals surface area contributed by atoms with E-state index >= 15 is 0 Å². The summed E-state index contributed by atoms with van der Waals surface area (Å²) in [6, 6.07) is 28.1. The van der Waals surface area contributed by atoms with E-state index in [1.807, 2.05) is 60.8 Å². The van der Waals surface area contributed by atoms with Crippen LogP contribution in [0.5, 0.6) is 5.75 Å². The third-order valence-corrected chi connectivity index (χ3v) is 5.62. The number of fused-ring (bicyclic) bond motifs is 2. The van der Waals surface area contributed by atoms with Crippen molar-refractivity contribution in [2.45, 2.75) is 5.92 Å². The third-order valence-electron chi connectivity index (χ3n) is 5.37. The molecule has 1 unspecified atom stereocenters. The van der Waals surface area contributed by atoms with Crippen LogP contribution in [0, 0.1) is 0 Å². The Bertz CT molecular complexity index is 1290. The van der Waals surface area contributed by atoms with Gasteiger partial charge in [-0.05, 0) is 46.2 Å². The molecule has 0 bridgehead atoms. The molecule has 5 aromatic rings. The Labute approximate surface area is 168 Å². The zero-order chi connectivity index (χ0) is 19.1. The lowest BCUT2D eigenvalue weighted by Crippen LogP contribution is -2.04. The van der Waals surface area contributed by atoms with Crippen LogP contribution < -0.4 is 0 Å². The van der Waals surface area contributed by atoms with E-state index in [1.165, 1.54) is 0 Å². The molecule has 3 heteroatoms. The molecule has 4 aromatic carbocycles. The minimum Gasteiger partial charge on any atom is -0.508 e. The third kappa shape index (κ3) is 2.74. The molecule has 136 valence electrons. The lowest BCUT2D eigenvalue weighted by atomic mass is 9.82. The molecule has 0 aliphatic heterocycles. The first-order valence-electron chi connectivity index (χ1n) is 9.24. The Balaban J connectivity index is 1.86. The van der Waals surface area contributed by atoms with Crippen LogP contribution in [0.1, 0.15) is 22.6 Å². The molecule has 28 heavy (non-hydrogen) atoms.